The molecule has 0 aliphatic carbocycles. The molecule has 1 aromatic heterocycles. The van der Waals surface area contributed by atoms with E-state index >= 15 is 0 Å². The van der Waals surface area contributed by atoms with Crippen molar-refractivity contribution in [3.05, 3.63) is 29.6 Å². The van der Waals surface area contributed by atoms with E-state index in [2.05, 4.69) is 23.7 Å². The smallest absolute Gasteiger partial charge is 0.255 e. The minimum absolute atomic E-state index is 0.0343. The van der Waals surface area contributed by atoms with Crippen LogP contribution in [0.1, 0.15) is 35.7 Å². The van der Waals surface area contributed by atoms with Gasteiger partial charge in [0, 0.05) is 48.5 Å². The molecule has 1 aliphatic heterocycles. The molecule has 5 heteroatoms. The predicted octanol–water partition coefficient (Wildman–Crippen LogP) is 1.78. The van der Waals surface area contributed by atoms with Gasteiger partial charge in [-0.05, 0) is 12.5 Å². The standard InChI is InChI=1S/C16H20N2O2S/c1-2-15-12-18(6-8-21-15)16(20)14-9-13(10-17-11-14)5-3-4-7-19/h9-11,15,19H,2,4,6-8,12H2,1H3. The first-order chi connectivity index (χ1) is 10.2. The van der Waals surface area contributed by atoms with Crippen LogP contribution in [0.5, 0.6) is 0 Å². The van der Waals surface area contributed by atoms with Gasteiger partial charge in [0.05, 0.1) is 12.2 Å². The summed E-state index contributed by atoms with van der Waals surface area (Å²) in [6, 6.07) is 1.78. The number of rotatable bonds is 3. The highest BCUT2D eigenvalue weighted by Gasteiger charge is 2.24. The van der Waals surface area contributed by atoms with Gasteiger partial charge in [-0.25, -0.2) is 0 Å². The largest absolute Gasteiger partial charge is 0.395 e. The summed E-state index contributed by atoms with van der Waals surface area (Å²) in [5.74, 6) is 6.79. The van der Waals surface area contributed by atoms with Gasteiger partial charge in [0.25, 0.3) is 5.91 Å². The zero-order chi connectivity index (χ0) is 15.1. The molecular formula is C16H20N2O2S. The molecule has 21 heavy (non-hydrogen) atoms. The lowest BCUT2D eigenvalue weighted by molar-refractivity contribution is 0.0760. The molecule has 1 fully saturated rings. The molecule has 0 bridgehead atoms. The number of aromatic nitrogens is 1. The van der Waals surface area contributed by atoms with Crippen molar-refractivity contribution in [3.63, 3.8) is 0 Å². The van der Waals surface area contributed by atoms with Crippen LogP contribution >= 0.6 is 11.8 Å². The second-order valence-corrected chi connectivity index (χ2v) is 6.30. The van der Waals surface area contributed by atoms with Gasteiger partial charge in [0.1, 0.15) is 0 Å². The maximum absolute atomic E-state index is 12.5. The zero-order valence-corrected chi connectivity index (χ0v) is 13.0. The molecular weight excluding hydrogens is 284 g/mol. The van der Waals surface area contributed by atoms with E-state index in [0.717, 1.165) is 25.3 Å². The molecule has 0 saturated carbocycles. The highest BCUT2D eigenvalue weighted by Crippen LogP contribution is 2.22. The van der Waals surface area contributed by atoms with Crippen LogP contribution in [0.4, 0.5) is 0 Å². The van der Waals surface area contributed by atoms with Crippen LogP contribution in [0.25, 0.3) is 0 Å². The topological polar surface area (TPSA) is 53.4 Å². The van der Waals surface area contributed by atoms with Gasteiger partial charge in [0.2, 0.25) is 0 Å². The summed E-state index contributed by atoms with van der Waals surface area (Å²) in [4.78, 5) is 18.5. The van der Waals surface area contributed by atoms with Gasteiger partial charge in [-0.2, -0.15) is 11.8 Å². The van der Waals surface area contributed by atoms with Crippen LogP contribution in [-0.2, 0) is 0 Å². The summed E-state index contributed by atoms with van der Waals surface area (Å²) in [6.07, 6.45) is 4.75. The van der Waals surface area contributed by atoms with Crippen molar-refractivity contribution in [2.24, 2.45) is 0 Å². The Kier molecular flexibility index (Phi) is 6.09. The molecule has 0 aromatic carbocycles. The average molecular weight is 304 g/mol. The second kappa shape index (κ2) is 8.06. The molecule has 1 amide bonds. The molecule has 0 spiro atoms. The number of hydrogen-bond donors (Lipinski definition) is 1. The zero-order valence-electron chi connectivity index (χ0n) is 12.2. The van der Waals surface area contributed by atoms with Crippen molar-refractivity contribution in [2.45, 2.75) is 25.0 Å². The van der Waals surface area contributed by atoms with E-state index in [1.807, 2.05) is 16.7 Å². The summed E-state index contributed by atoms with van der Waals surface area (Å²) < 4.78 is 0. The number of carbonyl (C=O) groups excluding carboxylic acids is 1. The number of aliphatic hydroxyl groups is 1. The SMILES string of the molecule is CCC1CN(C(=O)c2cncc(C#CCCO)c2)CCS1. The van der Waals surface area contributed by atoms with Gasteiger partial charge < -0.3 is 10.0 Å². The van der Waals surface area contributed by atoms with Gasteiger partial charge >= 0.3 is 0 Å². The van der Waals surface area contributed by atoms with Gasteiger partial charge in [-0.3, -0.25) is 9.78 Å². The Morgan fingerprint density at radius 1 is 1.57 bits per heavy atom. The Labute approximate surface area is 129 Å². The van der Waals surface area contributed by atoms with Gasteiger partial charge in [0.15, 0.2) is 0 Å². The molecule has 1 saturated heterocycles. The highest BCUT2D eigenvalue weighted by molar-refractivity contribution is 8.00. The monoisotopic (exact) mass is 304 g/mol. The van der Waals surface area contributed by atoms with Crippen LogP contribution in [0.3, 0.4) is 0 Å². The molecule has 0 radical (unpaired) electrons. The number of aliphatic hydroxyl groups excluding tert-OH is 1. The number of carbonyl (C=O) groups is 1. The third-order valence-electron chi connectivity index (χ3n) is 3.34. The lowest BCUT2D eigenvalue weighted by atomic mass is 10.1. The molecule has 1 aliphatic rings. The number of amides is 1. The molecule has 112 valence electrons. The number of pyridine rings is 1. The minimum atomic E-state index is 0.0343. The van der Waals surface area contributed by atoms with Crippen molar-refractivity contribution in [1.82, 2.24) is 9.88 Å². The third-order valence-corrected chi connectivity index (χ3v) is 4.71. The number of hydrogen-bond acceptors (Lipinski definition) is 4. The van der Waals surface area contributed by atoms with Crippen LogP contribution < -0.4 is 0 Å². The lowest BCUT2D eigenvalue weighted by Crippen LogP contribution is -2.41. The normalized spacial score (nSPS) is 18.0. The van der Waals surface area contributed by atoms with E-state index in [-0.39, 0.29) is 12.5 Å². The van der Waals surface area contributed by atoms with Gasteiger partial charge in [-0.1, -0.05) is 18.8 Å². The van der Waals surface area contributed by atoms with E-state index in [4.69, 9.17) is 5.11 Å². The lowest BCUT2D eigenvalue weighted by Gasteiger charge is -2.31. The molecule has 2 rings (SSSR count). The van der Waals surface area contributed by atoms with E-state index in [1.165, 1.54) is 0 Å². The van der Waals surface area contributed by atoms with Gasteiger partial charge in [-0.15, -0.1) is 0 Å². The summed E-state index contributed by atoms with van der Waals surface area (Å²) in [5.41, 5.74) is 1.31. The first-order valence-electron chi connectivity index (χ1n) is 7.20. The highest BCUT2D eigenvalue weighted by atomic mass is 32.2. The first-order valence-corrected chi connectivity index (χ1v) is 8.25. The fourth-order valence-corrected chi connectivity index (χ4v) is 3.36. The van der Waals surface area contributed by atoms with Crippen molar-refractivity contribution >= 4 is 17.7 Å². The molecule has 1 aromatic rings. The molecule has 1 unspecified atom stereocenters. The van der Waals surface area contributed by atoms with Crippen molar-refractivity contribution in [3.8, 4) is 11.8 Å². The van der Waals surface area contributed by atoms with Crippen LogP contribution in [0.2, 0.25) is 0 Å². The summed E-state index contributed by atoms with van der Waals surface area (Å²) in [6.45, 7) is 3.80. The molecule has 2 heterocycles. The first kappa shape index (κ1) is 15.9. The van der Waals surface area contributed by atoms with Crippen LogP contribution in [-0.4, -0.2) is 51.6 Å². The summed E-state index contributed by atoms with van der Waals surface area (Å²) >= 11 is 1.94. The van der Waals surface area contributed by atoms with E-state index < -0.39 is 0 Å². The second-order valence-electron chi connectivity index (χ2n) is 4.89. The fraction of sp³-hybridized carbons (Fsp3) is 0.500. The summed E-state index contributed by atoms with van der Waals surface area (Å²) in [5, 5.41) is 9.26. The molecule has 1 N–H and O–H groups in total. The fourth-order valence-electron chi connectivity index (χ4n) is 2.18. The maximum Gasteiger partial charge on any atom is 0.255 e. The average Bonchev–Trinajstić information content (AvgIpc) is 2.55. The number of thioether (sulfide) groups is 1. The third kappa shape index (κ3) is 4.48. The van der Waals surface area contributed by atoms with Crippen LogP contribution in [0, 0.1) is 11.8 Å². The predicted molar refractivity (Wildman–Crippen MR) is 85.3 cm³/mol. The Hall–Kier alpha value is -1.51. The van der Waals surface area contributed by atoms with Crippen molar-refractivity contribution in [1.29, 1.82) is 0 Å². The van der Waals surface area contributed by atoms with Crippen molar-refractivity contribution < 1.29 is 9.90 Å². The Morgan fingerprint density at radius 3 is 3.19 bits per heavy atom. The summed E-state index contributed by atoms with van der Waals surface area (Å²) in [7, 11) is 0. The Bertz CT molecular complexity index is 551. The van der Waals surface area contributed by atoms with E-state index in [1.54, 1.807) is 18.5 Å². The van der Waals surface area contributed by atoms with E-state index in [9.17, 15) is 4.79 Å². The van der Waals surface area contributed by atoms with E-state index in [0.29, 0.717) is 22.8 Å². The maximum atomic E-state index is 12.5. The molecule has 1 atom stereocenters. The Morgan fingerprint density at radius 2 is 2.43 bits per heavy atom. The quantitative estimate of drug-likeness (QED) is 0.865. The minimum Gasteiger partial charge on any atom is -0.395 e. The molecule has 4 nitrogen and oxygen atoms in total. The van der Waals surface area contributed by atoms with Crippen molar-refractivity contribution in [2.75, 3.05) is 25.4 Å². The Balaban J connectivity index is 2.09. The number of nitrogens with zero attached hydrogens (tertiary/aromatic N) is 2. The van der Waals surface area contributed by atoms with Crippen LogP contribution in [0.15, 0.2) is 18.5 Å².